The van der Waals surface area contributed by atoms with Crippen LogP contribution in [0, 0.1) is 31.0 Å². The quantitative estimate of drug-likeness (QED) is 0.356. The predicted octanol–water partition coefficient (Wildman–Crippen LogP) is 3.20. The summed E-state index contributed by atoms with van der Waals surface area (Å²) in [6.45, 7) is 5.83. The van der Waals surface area contributed by atoms with Gasteiger partial charge in [0, 0.05) is 30.7 Å². The zero-order chi connectivity index (χ0) is 24.5. The average molecular weight is 455 g/mol. The number of esters is 1. The Kier molecular flexibility index (Phi) is 8.92. The van der Waals surface area contributed by atoms with Crippen LogP contribution < -0.4 is 5.32 Å². The first-order valence-corrected chi connectivity index (χ1v) is 10.4. The minimum Gasteiger partial charge on any atom is -0.451 e. The summed E-state index contributed by atoms with van der Waals surface area (Å²) in [6, 6.07) is 8.89. The molecule has 174 valence electrons. The maximum absolute atomic E-state index is 12.9. The lowest BCUT2D eigenvalue weighted by Gasteiger charge is -2.16. The molecule has 0 bridgehead atoms. The molecule has 0 aliphatic heterocycles. The number of likely N-dealkylation sites (N-methyl/N-ethyl adjacent to an activating group) is 1. The standard InChI is InChI=1S/C24H27FN4O4/c1-5-10-29-16(2)11-18(17(29)3)12-19(13-26)24(32)33-15-23(31)28(4)14-22(30)27-21-8-6-20(25)7-9-21/h6-9,11-12H,5,10,14-15H2,1-4H3,(H,27,30)/b19-12+. The normalized spacial score (nSPS) is 11.0. The van der Waals surface area contributed by atoms with Crippen LogP contribution in [0.5, 0.6) is 0 Å². The fourth-order valence-electron chi connectivity index (χ4n) is 3.19. The highest BCUT2D eigenvalue weighted by Crippen LogP contribution is 2.19. The number of amides is 2. The van der Waals surface area contributed by atoms with Gasteiger partial charge in [-0.25, -0.2) is 9.18 Å². The van der Waals surface area contributed by atoms with E-state index in [1.165, 1.54) is 37.4 Å². The molecule has 0 unspecified atom stereocenters. The third-order valence-corrected chi connectivity index (χ3v) is 4.96. The van der Waals surface area contributed by atoms with Crippen molar-refractivity contribution in [3.8, 4) is 6.07 Å². The third-order valence-electron chi connectivity index (χ3n) is 4.96. The monoisotopic (exact) mass is 454 g/mol. The Bertz CT molecular complexity index is 1100. The van der Waals surface area contributed by atoms with E-state index in [4.69, 9.17) is 4.74 Å². The van der Waals surface area contributed by atoms with Crippen LogP contribution in [-0.4, -0.2) is 47.4 Å². The maximum Gasteiger partial charge on any atom is 0.349 e. The molecule has 1 aromatic carbocycles. The second kappa shape index (κ2) is 11.6. The topological polar surface area (TPSA) is 104 Å². The Morgan fingerprint density at radius 2 is 1.91 bits per heavy atom. The molecule has 2 aromatic rings. The van der Waals surface area contributed by atoms with Crippen molar-refractivity contribution >= 4 is 29.5 Å². The Morgan fingerprint density at radius 1 is 1.24 bits per heavy atom. The summed E-state index contributed by atoms with van der Waals surface area (Å²) in [5.41, 5.74) is 2.84. The molecule has 0 fully saturated rings. The second-order valence-electron chi connectivity index (χ2n) is 7.53. The van der Waals surface area contributed by atoms with Gasteiger partial charge < -0.3 is 19.5 Å². The number of rotatable bonds is 9. The fourth-order valence-corrected chi connectivity index (χ4v) is 3.19. The molecule has 0 radical (unpaired) electrons. The number of aryl methyl sites for hydroxylation is 1. The van der Waals surface area contributed by atoms with Crippen LogP contribution in [0.3, 0.4) is 0 Å². The van der Waals surface area contributed by atoms with Gasteiger partial charge in [-0.3, -0.25) is 9.59 Å². The van der Waals surface area contributed by atoms with Crippen molar-refractivity contribution in [2.45, 2.75) is 33.7 Å². The Morgan fingerprint density at radius 3 is 2.52 bits per heavy atom. The Hall–Kier alpha value is -3.93. The van der Waals surface area contributed by atoms with Crippen LogP contribution in [0.25, 0.3) is 6.08 Å². The third kappa shape index (κ3) is 7.04. The largest absolute Gasteiger partial charge is 0.451 e. The predicted molar refractivity (Wildman–Crippen MR) is 121 cm³/mol. The van der Waals surface area contributed by atoms with Gasteiger partial charge in [-0.15, -0.1) is 0 Å². The lowest BCUT2D eigenvalue weighted by Crippen LogP contribution is -2.37. The van der Waals surface area contributed by atoms with Crippen molar-refractivity contribution in [3.63, 3.8) is 0 Å². The second-order valence-corrected chi connectivity index (χ2v) is 7.53. The van der Waals surface area contributed by atoms with E-state index in [9.17, 15) is 24.0 Å². The number of hydrogen-bond donors (Lipinski definition) is 1. The highest BCUT2D eigenvalue weighted by atomic mass is 19.1. The van der Waals surface area contributed by atoms with E-state index in [1.807, 2.05) is 26.0 Å². The summed E-state index contributed by atoms with van der Waals surface area (Å²) in [6.07, 6.45) is 2.39. The summed E-state index contributed by atoms with van der Waals surface area (Å²) in [5, 5.41) is 11.9. The molecule has 0 saturated carbocycles. The molecule has 0 saturated heterocycles. The highest BCUT2D eigenvalue weighted by molar-refractivity contribution is 5.99. The van der Waals surface area contributed by atoms with Crippen LogP contribution in [-0.2, 0) is 25.7 Å². The summed E-state index contributed by atoms with van der Waals surface area (Å²) >= 11 is 0. The smallest absolute Gasteiger partial charge is 0.349 e. The number of halogens is 1. The zero-order valence-corrected chi connectivity index (χ0v) is 19.1. The van der Waals surface area contributed by atoms with Crippen molar-refractivity contribution in [2.24, 2.45) is 0 Å². The summed E-state index contributed by atoms with van der Waals surface area (Å²) in [7, 11) is 1.38. The first kappa shape index (κ1) is 25.3. The molecule has 0 aliphatic rings. The van der Waals surface area contributed by atoms with Crippen LogP contribution in [0.2, 0.25) is 0 Å². The van der Waals surface area contributed by atoms with Crippen molar-refractivity contribution in [1.29, 1.82) is 5.26 Å². The van der Waals surface area contributed by atoms with Gasteiger partial charge in [-0.05, 0) is 62.2 Å². The van der Waals surface area contributed by atoms with E-state index >= 15 is 0 Å². The number of ether oxygens (including phenoxy) is 1. The van der Waals surface area contributed by atoms with E-state index < -0.39 is 30.2 Å². The first-order chi connectivity index (χ1) is 15.7. The van der Waals surface area contributed by atoms with E-state index in [1.54, 1.807) is 0 Å². The zero-order valence-electron chi connectivity index (χ0n) is 19.1. The molecule has 2 amide bonds. The number of aromatic nitrogens is 1. The number of anilines is 1. The number of carbonyl (C=O) groups is 3. The number of benzene rings is 1. The van der Waals surface area contributed by atoms with Crippen molar-refractivity contribution in [1.82, 2.24) is 9.47 Å². The lowest BCUT2D eigenvalue weighted by atomic mass is 10.1. The van der Waals surface area contributed by atoms with Crippen molar-refractivity contribution in [3.05, 3.63) is 58.7 Å². The summed E-state index contributed by atoms with van der Waals surface area (Å²) < 4.78 is 20.0. The number of nitrogens with one attached hydrogen (secondary N) is 1. The van der Waals surface area contributed by atoms with Crippen LogP contribution in [0.15, 0.2) is 35.9 Å². The van der Waals surface area contributed by atoms with Crippen LogP contribution >= 0.6 is 0 Å². The molecule has 9 heteroatoms. The molecule has 0 spiro atoms. The van der Waals surface area contributed by atoms with E-state index in [0.717, 1.165) is 34.8 Å². The Labute approximate surface area is 192 Å². The molecule has 1 N–H and O–H groups in total. The van der Waals surface area contributed by atoms with Gasteiger partial charge in [0.15, 0.2) is 6.61 Å². The molecule has 0 aliphatic carbocycles. The van der Waals surface area contributed by atoms with Gasteiger partial charge in [-0.1, -0.05) is 6.92 Å². The first-order valence-electron chi connectivity index (χ1n) is 10.4. The number of carbonyl (C=O) groups excluding carboxylic acids is 3. The van der Waals surface area contributed by atoms with E-state index in [0.29, 0.717) is 5.69 Å². The summed E-state index contributed by atoms with van der Waals surface area (Å²) in [5.74, 6) is -2.47. The molecule has 1 aromatic heterocycles. The SMILES string of the molecule is CCCn1c(C)cc(/C=C(\C#N)C(=O)OCC(=O)N(C)CC(=O)Nc2ccc(F)cc2)c1C. The molecule has 1 heterocycles. The molecule has 8 nitrogen and oxygen atoms in total. The minimum atomic E-state index is -0.921. The van der Waals surface area contributed by atoms with Crippen LogP contribution in [0.1, 0.15) is 30.3 Å². The minimum absolute atomic E-state index is 0.226. The molecular weight excluding hydrogens is 427 g/mol. The molecule has 33 heavy (non-hydrogen) atoms. The lowest BCUT2D eigenvalue weighted by molar-refractivity contribution is -0.148. The average Bonchev–Trinajstić information content (AvgIpc) is 3.04. The van der Waals surface area contributed by atoms with Crippen molar-refractivity contribution < 1.29 is 23.5 Å². The van der Waals surface area contributed by atoms with Gasteiger partial charge in [0.1, 0.15) is 17.5 Å². The van der Waals surface area contributed by atoms with Gasteiger partial charge in [0.2, 0.25) is 5.91 Å². The van der Waals surface area contributed by atoms with E-state index in [2.05, 4.69) is 16.8 Å². The number of nitrogens with zero attached hydrogens (tertiary/aromatic N) is 3. The molecule has 0 atom stereocenters. The van der Waals surface area contributed by atoms with Gasteiger partial charge >= 0.3 is 5.97 Å². The Balaban J connectivity index is 1.93. The van der Waals surface area contributed by atoms with E-state index in [-0.39, 0.29) is 12.1 Å². The van der Waals surface area contributed by atoms with Gasteiger partial charge in [0.05, 0.1) is 6.54 Å². The fraction of sp³-hybridized carbons (Fsp3) is 0.333. The van der Waals surface area contributed by atoms with Gasteiger partial charge in [-0.2, -0.15) is 5.26 Å². The molecule has 2 rings (SSSR count). The van der Waals surface area contributed by atoms with Crippen molar-refractivity contribution in [2.75, 3.05) is 25.5 Å². The highest BCUT2D eigenvalue weighted by Gasteiger charge is 2.18. The van der Waals surface area contributed by atoms with Crippen LogP contribution in [0.4, 0.5) is 10.1 Å². The number of hydrogen-bond acceptors (Lipinski definition) is 5. The maximum atomic E-state index is 12.9. The van der Waals surface area contributed by atoms with Gasteiger partial charge in [0.25, 0.3) is 5.91 Å². The molecular formula is C24H27FN4O4. The summed E-state index contributed by atoms with van der Waals surface area (Å²) in [4.78, 5) is 37.7. The number of nitriles is 1.